The second kappa shape index (κ2) is 5.28. The Hall–Kier alpha value is -1.83. The van der Waals surface area contributed by atoms with Crippen LogP contribution >= 0.6 is 11.8 Å². The second-order valence-electron chi connectivity index (χ2n) is 4.73. The summed E-state index contributed by atoms with van der Waals surface area (Å²) in [7, 11) is 0. The average molecular weight is 292 g/mol. The topological polar surface area (TPSA) is 88.5 Å². The van der Waals surface area contributed by atoms with Gasteiger partial charge in [-0.1, -0.05) is 0 Å². The van der Waals surface area contributed by atoms with Crippen LogP contribution in [0.3, 0.4) is 0 Å². The van der Waals surface area contributed by atoms with Crippen LogP contribution in [-0.4, -0.2) is 31.3 Å². The molecule has 20 heavy (non-hydrogen) atoms. The Balaban J connectivity index is 1.91. The zero-order valence-electron chi connectivity index (χ0n) is 11.4. The molecule has 2 N–H and O–H groups in total. The Bertz CT molecular complexity index is 675. The highest BCUT2D eigenvalue weighted by molar-refractivity contribution is 7.99. The minimum atomic E-state index is -0.145. The molecular weight excluding hydrogens is 276 g/mol. The van der Waals surface area contributed by atoms with Crippen LogP contribution in [0.25, 0.3) is 0 Å². The van der Waals surface area contributed by atoms with Gasteiger partial charge in [-0.15, -0.1) is 5.10 Å². The predicted molar refractivity (Wildman–Crippen MR) is 76.2 cm³/mol. The van der Waals surface area contributed by atoms with Crippen LogP contribution in [0.15, 0.2) is 21.2 Å². The molecule has 7 nitrogen and oxygen atoms in total. The molecule has 2 aromatic rings. The number of nitrogens with zero attached hydrogens (tertiary/aromatic N) is 4. The summed E-state index contributed by atoms with van der Waals surface area (Å²) in [5.41, 5.74) is 0.822. The lowest BCUT2D eigenvalue weighted by Crippen LogP contribution is -2.16. The van der Waals surface area contributed by atoms with E-state index in [1.807, 2.05) is 13.8 Å². The first-order valence-corrected chi connectivity index (χ1v) is 7.43. The maximum atomic E-state index is 11.8. The van der Waals surface area contributed by atoms with Crippen molar-refractivity contribution in [2.24, 2.45) is 0 Å². The van der Waals surface area contributed by atoms with E-state index in [1.165, 1.54) is 11.8 Å². The summed E-state index contributed by atoms with van der Waals surface area (Å²) in [6.45, 7) is 4.71. The summed E-state index contributed by atoms with van der Waals surface area (Å²) >= 11 is 1.40. The fourth-order valence-electron chi connectivity index (χ4n) is 1.88. The van der Waals surface area contributed by atoms with E-state index in [0.29, 0.717) is 17.1 Å². The van der Waals surface area contributed by atoms with Gasteiger partial charge in [0.15, 0.2) is 5.16 Å². The Morgan fingerprint density at radius 3 is 3.05 bits per heavy atom. The molecule has 0 bridgehead atoms. The van der Waals surface area contributed by atoms with Crippen molar-refractivity contribution in [3.8, 4) is 0 Å². The van der Waals surface area contributed by atoms with Gasteiger partial charge in [0.05, 0.1) is 0 Å². The van der Waals surface area contributed by atoms with Crippen LogP contribution in [0.2, 0.25) is 0 Å². The summed E-state index contributed by atoms with van der Waals surface area (Å²) in [6, 6.07) is 0.291. The maximum absolute atomic E-state index is 11.8. The van der Waals surface area contributed by atoms with E-state index in [1.54, 1.807) is 10.8 Å². The number of hydrogen-bond acceptors (Lipinski definition) is 6. The first-order chi connectivity index (χ1) is 9.69. The molecule has 0 spiro atoms. The fraction of sp³-hybridized carbons (Fsp3) is 0.500. The molecular formula is C12H16N6OS. The number of aromatic nitrogens is 5. The van der Waals surface area contributed by atoms with Crippen LogP contribution in [-0.2, 0) is 0 Å². The van der Waals surface area contributed by atoms with E-state index < -0.39 is 0 Å². The van der Waals surface area contributed by atoms with Gasteiger partial charge >= 0.3 is 5.69 Å². The third-order valence-corrected chi connectivity index (χ3v) is 4.11. The normalized spacial score (nSPS) is 14.5. The lowest BCUT2D eigenvalue weighted by molar-refractivity contribution is 0.642. The van der Waals surface area contributed by atoms with Crippen molar-refractivity contribution >= 4 is 17.7 Å². The van der Waals surface area contributed by atoms with Gasteiger partial charge in [-0.2, -0.15) is 0 Å². The quantitative estimate of drug-likeness (QED) is 0.814. The number of nitrogens with one attached hydrogen (secondary N) is 2. The third-order valence-electron chi connectivity index (χ3n) is 3.03. The number of rotatable bonds is 5. The summed E-state index contributed by atoms with van der Waals surface area (Å²) in [6.07, 6.45) is 3.86. The molecule has 0 atom stereocenters. The highest BCUT2D eigenvalue weighted by Gasteiger charge is 2.29. The lowest BCUT2D eigenvalue weighted by Gasteiger charge is -2.07. The summed E-state index contributed by atoms with van der Waals surface area (Å²) in [5, 5.41) is 11.2. The molecule has 0 aromatic carbocycles. The molecule has 0 amide bonds. The predicted octanol–water partition coefficient (Wildman–Crippen LogP) is 1.59. The minimum Gasteiger partial charge on any atom is -0.354 e. The Labute approximate surface area is 120 Å². The van der Waals surface area contributed by atoms with Gasteiger partial charge < -0.3 is 5.32 Å². The van der Waals surface area contributed by atoms with Crippen LogP contribution < -0.4 is 11.0 Å². The lowest BCUT2D eigenvalue weighted by atomic mass is 10.4. The van der Waals surface area contributed by atoms with Crippen molar-refractivity contribution in [1.82, 2.24) is 24.7 Å². The molecule has 0 aliphatic heterocycles. The Morgan fingerprint density at radius 1 is 1.55 bits per heavy atom. The maximum Gasteiger partial charge on any atom is 0.344 e. The number of hydrogen-bond donors (Lipinski definition) is 2. The molecule has 0 saturated heterocycles. The molecule has 0 unspecified atom stereocenters. The van der Waals surface area contributed by atoms with Gasteiger partial charge in [-0.25, -0.2) is 19.9 Å². The van der Waals surface area contributed by atoms with Gasteiger partial charge in [-0.05, 0) is 38.5 Å². The van der Waals surface area contributed by atoms with Gasteiger partial charge in [0.1, 0.15) is 5.03 Å². The van der Waals surface area contributed by atoms with Crippen LogP contribution in [0.1, 0.15) is 31.4 Å². The Morgan fingerprint density at radius 2 is 2.35 bits per heavy atom. The zero-order chi connectivity index (χ0) is 14.1. The number of H-pyrrole nitrogens is 1. The molecule has 0 radical (unpaired) electrons. The van der Waals surface area contributed by atoms with Crippen molar-refractivity contribution in [3.05, 3.63) is 22.2 Å². The summed E-state index contributed by atoms with van der Waals surface area (Å²) < 4.78 is 1.72. The summed E-state index contributed by atoms with van der Waals surface area (Å²) in [5.74, 6) is 0.594. The highest BCUT2D eigenvalue weighted by Crippen LogP contribution is 2.37. The largest absolute Gasteiger partial charge is 0.354 e. The van der Waals surface area contributed by atoms with E-state index in [-0.39, 0.29) is 5.69 Å². The van der Waals surface area contributed by atoms with E-state index in [2.05, 4.69) is 25.5 Å². The van der Waals surface area contributed by atoms with Crippen LogP contribution in [0.4, 0.5) is 5.95 Å². The van der Waals surface area contributed by atoms with Crippen molar-refractivity contribution in [1.29, 1.82) is 0 Å². The van der Waals surface area contributed by atoms with Crippen molar-refractivity contribution in [2.75, 3.05) is 11.9 Å². The molecule has 8 heteroatoms. The van der Waals surface area contributed by atoms with Crippen LogP contribution in [0.5, 0.6) is 0 Å². The van der Waals surface area contributed by atoms with Gasteiger partial charge in [0.2, 0.25) is 5.95 Å². The van der Waals surface area contributed by atoms with Gasteiger partial charge in [0.25, 0.3) is 0 Å². The molecule has 2 aromatic heterocycles. The van der Waals surface area contributed by atoms with Crippen molar-refractivity contribution in [2.45, 2.75) is 42.9 Å². The standard InChI is InChI=1S/C12H16N6OS/c1-3-13-10-14-6-7(2)9(15-10)20-12-17-16-11(19)18(12)8-4-5-8/h6,8H,3-5H2,1-2H3,(H,16,19)(H,13,14,15). The average Bonchev–Trinajstić information content (AvgIpc) is 3.19. The molecule has 2 heterocycles. The third kappa shape index (κ3) is 2.55. The molecule has 1 saturated carbocycles. The van der Waals surface area contributed by atoms with Crippen molar-refractivity contribution in [3.63, 3.8) is 0 Å². The second-order valence-corrected chi connectivity index (χ2v) is 5.68. The molecule has 3 rings (SSSR count). The first kappa shape index (κ1) is 13.2. The smallest absolute Gasteiger partial charge is 0.344 e. The SMILES string of the molecule is CCNc1ncc(C)c(Sc2n[nH]c(=O)n2C2CC2)n1. The first-order valence-electron chi connectivity index (χ1n) is 6.61. The van der Waals surface area contributed by atoms with E-state index in [0.717, 1.165) is 30.0 Å². The van der Waals surface area contributed by atoms with Gasteiger partial charge in [-0.3, -0.25) is 4.57 Å². The highest BCUT2D eigenvalue weighted by atomic mass is 32.2. The molecule has 1 fully saturated rings. The van der Waals surface area contributed by atoms with Crippen molar-refractivity contribution < 1.29 is 0 Å². The van der Waals surface area contributed by atoms with Gasteiger partial charge in [0, 0.05) is 24.3 Å². The Kier molecular flexibility index (Phi) is 3.47. The van der Waals surface area contributed by atoms with E-state index >= 15 is 0 Å². The van der Waals surface area contributed by atoms with E-state index in [9.17, 15) is 4.79 Å². The summed E-state index contributed by atoms with van der Waals surface area (Å²) in [4.78, 5) is 20.4. The number of aryl methyl sites for hydroxylation is 1. The molecule has 1 aliphatic rings. The fourth-order valence-corrected chi connectivity index (χ4v) is 2.82. The zero-order valence-corrected chi connectivity index (χ0v) is 12.2. The molecule has 1 aliphatic carbocycles. The molecule has 106 valence electrons. The van der Waals surface area contributed by atoms with E-state index in [4.69, 9.17) is 0 Å². The monoisotopic (exact) mass is 292 g/mol. The minimum absolute atomic E-state index is 0.145. The number of aromatic amines is 1. The number of anilines is 1. The van der Waals surface area contributed by atoms with Crippen LogP contribution in [0, 0.1) is 6.92 Å².